The molecule has 2 atom stereocenters. The van der Waals surface area contributed by atoms with Crippen LogP contribution in [0.25, 0.3) is 6.08 Å². The summed E-state index contributed by atoms with van der Waals surface area (Å²) in [6.07, 6.45) is 7.65. The molecule has 118 valence electrons. The minimum atomic E-state index is -0.579. The van der Waals surface area contributed by atoms with Crippen molar-refractivity contribution in [3.8, 4) is 0 Å². The second kappa shape index (κ2) is 6.21. The van der Waals surface area contributed by atoms with Gasteiger partial charge in [0.2, 0.25) is 5.91 Å². The second-order valence-electron chi connectivity index (χ2n) is 6.44. The number of carbonyl (C=O) groups excluding carboxylic acids is 1. The third kappa shape index (κ3) is 3.07. The van der Waals surface area contributed by atoms with Gasteiger partial charge >= 0.3 is 0 Å². The molecule has 1 heterocycles. The van der Waals surface area contributed by atoms with Crippen LogP contribution in [-0.4, -0.2) is 34.6 Å². The molecule has 4 heteroatoms. The number of carbonyl (C=O) groups is 1. The lowest BCUT2D eigenvalue weighted by atomic mass is 9.71. The average molecular weight is 303 g/mol. The first-order chi connectivity index (χ1) is 10.6. The summed E-state index contributed by atoms with van der Waals surface area (Å²) in [5, 5.41) is 10.6. The van der Waals surface area contributed by atoms with Crippen molar-refractivity contribution in [2.75, 3.05) is 13.1 Å². The third-order valence-corrected chi connectivity index (χ3v) is 5.05. The van der Waals surface area contributed by atoms with Crippen LogP contribution in [0.15, 0.2) is 30.3 Å². The van der Waals surface area contributed by atoms with E-state index >= 15 is 0 Å². The van der Waals surface area contributed by atoms with Gasteiger partial charge in [-0.3, -0.25) is 4.79 Å². The SMILES string of the molecule is O=C(/C=C/c1ccccc1F)N1CC[C@]2(O)CCCC[C@@H]2C1. The molecule has 0 radical (unpaired) electrons. The van der Waals surface area contributed by atoms with Gasteiger partial charge < -0.3 is 10.0 Å². The van der Waals surface area contributed by atoms with E-state index in [-0.39, 0.29) is 17.6 Å². The predicted octanol–water partition coefficient (Wildman–Crippen LogP) is 2.99. The molecule has 1 saturated carbocycles. The molecule has 1 amide bonds. The van der Waals surface area contributed by atoms with Crippen LogP contribution < -0.4 is 0 Å². The quantitative estimate of drug-likeness (QED) is 0.853. The second-order valence-corrected chi connectivity index (χ2v) is 6.44. The number of hydrogen-bond donors (Lipinski definition) is 1. The molecule has 0 spiro atoms. The molecule has 1 aromatic rings. The smallest absolute Gasteiger partial charge is 0.246 e. The molecule has 3 rings (SSSR count). The first-order valence-electron chi connectivity index (χ1n) is 8.02. The Balaban J connectivity index is 1.65. The fourth-order valence-corrected chi connectivity index (χ4v) is 3.65. The number of piperidine rings is 1. The summed E-state index contributed by atoms with van der Waals surface area (Å²) < 4.78 is 13.5. The van der Waals surface area contributed by atoms with E-state index in [4.69, 9.17) is 0 Å². The molecule has 0 unspecified atom stereocenters. The normalized spacial score (nSPS) is 28.6. The summed E-state index contributed by atoms with van der Waals surface area (Å²) >= 11 is 0. The zero-order valence-corrected chi connectivity index (χ0v) is 12.7. The van der Waals surface area contributed by atoms with Crippen molar-refractivity contribution in [3.05, 3.63) is 41.7 Å². The molecule has 3 nitrogen and oxygen atoms in total. The Kier molecular flexibility index (Phi) is 4.30. The van der Waals surface area contributed by atoms with Gasteiger partial charge in [0.1, 0.15) is 5.82 Å². The van der Waals surface area contributed by atoms with Crippen molar-refractivity contribution >= 4 is 12.0 Å². The van der Waals surface area contributed by atoms with Crippen LogP contribution >= 0.6 is 0 Å². The minimum absolute atomic E-state index is 0.101. The Morgan fingerprint density at radius 1 is 1.32 bits per heavy atom. The van der Waals surface area contributed by atoms with E-state index in [1.807, 2.05) is 0 Å². The van der Waals surface area contributed by atoms with Crippen LogP contribution in [-0.2, 0) is 4.79 Å². The van der Waals surface area contributed by atoms with Gasteiger partial charge in [0.15, 0.2) is 0 Å². The summed E-state index contributed by atoms with van der Waals surface area (Å²) in [6.45, 7) is 1.18. The molecule has 2 fully saturated rings. The Morgan fingerprint density at radius 3 is 2.95 bits per heavy atom. The maximum Gasteiger partial charge on any atom is 0.246 e. The summed E-state index contributed by atoms with van der Waals surface area (Å²) in [5.41, 5.74) is -0.161. The Bertz CT molecular complexity index is 586. The number of halogens is 1. The number of rotatable bonds is 2. The first kappa shape index (κ1) is 15.2. The summed E-state index contributed by atoms with van der Waals surface area (Å²) in [5.74, 6) is -0.247. The zero-order chi connectivity index (χ0) is 15.6. The highest BCUT2D eigenvalue weighted by Crippen LogP contribution is 2.39. The fraction of sp³-hybridized carbons (Fsp3) is 0.500. The van der Waals surface area contributed by atoms with E-state index in [1.54, 1.807) is 23.1 Å². The van der Waals surface area contributed by atoms with Gasteiger partial charge in [-0.1, -0.05) is 31.0 Å². The summed E-state index contributed by atoms with van der Waals surface area (Å²) in [7, 11) is 0. The number of benzene rings is 1. The van der Waals surface area contributed by atoms with Crippen molar-refractivity contribution in [2.45, 2.75) is 37.7 Å². The van der Waals surface area contributed by atoms with Gasteiger partial charge in [-0.05, 0) is 31.4 Å². The van der Waals surface area contributed by atoms with E-state index < -0.39 is 5.60 Å². The fourth-order valence-electron chi connectivity index (χ4n) is 3.65. The maximum atomic E-state index is 13.5. The standard InChI is InChI=1S/C18H22FNO2/c19-16-7-2-1-5-14(16)8-9-17(21)20-12-11-18(22)10-4-3-6-15(18)13-20/h1-2,5,7-9,15,22H,3-4,6,10-13H2/b9-8+/t15-,18-/m1/s1. The van der Waals surface area contributed by atoms with E-state index in [1.165, 1.54) is 18.2 Å². The maximum absolute atomic E-state index is 13.5. The van der Waals surface area contributed by atoms with Crippen LogP contribution in [0.4, 0.5) is 4.39 Å². The van der Waals surface area contributed by atoms with Crippen LogP contribution in [0.3, 0.4) is 0 Å². The van der Waals surface area contributed by atoms with Crippen molar-refractivity contribution in [1.29, 1.82) is 0 Å². The Morgan fingerprint density at radius 2 is 2.14 bits per heavy atom. The largest absolute Gasteiger partial charge is 0.389 e. The molecule has 0 bridgehead atoms. The van der Waals surface area contributed by atoms with Gasteiger partial charge in [0, 0.05) is 30.6 Å². The van der Waals surface area contributed by atoms with E-state index in [2.05, 4.69) is 0 Å². The van der Waals surface area contributed by atoms with E-state index in [9.17, 15) is 14.3 Å². The molecule has 1 aliphatic heterocycles. The number of likely N-dealkylation sites (tertiary alicyclic amines) is 1. The first-order valence-corrected chi connectivity index (χ1v) is 8.02. The van der Waals surface area contributed by atoms with Gasteiger partial charge in [-0.25, -0.2) is 4.39 Å². The van der Waals surface area contributed by atoms with Gasteiger partial charge in [-0.2, -0.15) is 0 Å². The van der Waals surface area contributed by atoms with Crippen LogP contribution in [0.2, 0.25) is 0 Å². The highest BCUT2D eigenvalue weighted by molar-refractivity contribution is 5.91. The lowest BCUT2D eigenvalue weighted by molar-refractivity contribution is -0.138. The lowest BCUT2D eigenvalue weighted by Gasteiger charge is -2.47. The highest BCUT2D eigenvalue weighted by atomic mass is 19.1. The third-order valence-electron chi connectivity index (χ3n) is 5.05. The molecule has 1 aliphatic carbocycles. The van der Waals surface area contributed by atoms with Crippen LogP contribution in [0.1, 0.15) is 37.7 Å². The molecular weight excluding hydrogens is 281 g/mol. The van der Waals surface area contributed by atoms with Crippen LogP contribution in [0, 0.1) is 11.7 Å². The Hall–Kier alpha value is -1.68. The monoisotopic (exact) mass is 303 g/mol. The molecule has 22 heavy (non-hydrogen) atoms. The molecular formula is C18H22FNO2. The van der Waals surface area contributed by atoms with E-state index in [0.717, 1.165) is 25.7 Å². The number of amides is 1. The number of hydrogen-bond acceptors (Lipinski definition) is 2. The van der Waals surface area contributed by atoms with Crippen molar-refractivity contribution < 1.29 is 14.3 Å². The molecule has 1 aromatic carbocycles. The minimum Gasteiger partial charge on any atom is -0.389 e. The molecule has 0 aromatic heterocycles. The predicted molar refractivity (Wildman–Crippen MR) is 83.5 cm³/mol. The van der Waals surface area contributed by atoms with Crippen molar-refractivity contribution in [1.82, 2.24) is 4.90 Å². The number of aliphatic hydroxyl groups is 1. The van der Waals surface area contributed by atoms with Gasteiger partial charge in [0.05, 0.1) is 5.60 Å². The molecule has 2 aliphatic rings. The lowest BCUT2D eigenvalue weighted by Crippen LogP contribution is -2.54. The van der Waals surface area contributed by atoms with Gasteiger partial charge in [0.25, 0.3) is 0 Å². The van der Waals surface area contributed by atoms with Crippen molar-refractivity contribution in [3.63, 3.8) is 0 Å². The van der Waals surface area contributed by atoms with Crippen LogP contribution in [0.5, 0.6) is 0 Å². The summed E-state index contributed by atoms with van der Waals surface area (Å²) in [4.78, 5) is 14.1. The highest BCUT2D eigenvalue weighted by Gasteiger charge is 2.43. The van der Waals surface area contributed by atoms with Crippen molar-refractivity contribution in [2.24, 2.45) is 5.92 Å². The topological polar surface area (TPSA) is 40.5 Å². The molecule has 1 N–H and O–H groups in total. The number of fused-ring (bicyclic) bond motifs is 1. The van der Waals surface area contributed by atoms with E-state index in [0.29, 0.717) is 25.1 Å². The zero-order valence-electron chi connectivity index (χ0n) is 12.7. The van der Waals surface area contributed by atoms with Gasteiger partial charge in [-0.15, -0.1) is 0 Å². The average Bonchev–Trinajstić information content (AvgIpc) is 2.53. The molecule has 1 saturated heterocycles. The Labute approximate surface area is 130 Å². The summed E-state index contributed by atoms with van der Waals surface area (Å²) in [6, 6.07) is 6.40. The number of nitrogens with zero attached hydrogens (tertiary/aromatic N) is 1.